The fraction of sp³-hybridized carbons (Fsp3) is 0.400. The highest BCUT2D eigenvalue weighted by Crippen LogP contribution is 2.20. The van der Waals surface area contributed by atoms with E-state index < -0.39 is 0 Å². The number of aryl methyl sites for hydroxylation is 1. The molecule has 0 spiro atoms. The van der Waals surface area contributed by atoms with Gasteiger partial charge >= 0.3 is 0 Å². The molecule has 74 valence electrons. The minimum atomic E-state index is -0.0169. The SMILES string of the molecule is Cc1cc2nc(C(C)C)[nH]c(=O)c2s1. The Bertz CT molecular complexity index is 524. The lowest BCUT2D eigenvalue weighted by Gasteiger charge is -2.02. The van der Waals surface area contributed by atoms with Crippen LogP contribution in [-0.4, -0.2) is 9.97 Å². The third kappa shape index (κ3) is 1.46. The van der Waals surface area contributed by atoms with E-state index in [1.165, 1.54) is 11.3 Å². The number of aromatic amines is 1. The van der Waals surface area contributed by atoms with Gasteiger partial charge in [0.15, 0.2) is 0 Å². The third-order valence-corrected chi connectivity index (χ3v) is 3.11. The first-order valence-corrected chi connectivity index (χ1v) is 5.40. The van der Waals surface area contributed by atoms with Crippen LogP contribution in [0.25, 0.3) is 10.2 Å². The highest BCUT2D eigenvalue weighted by molar-refractivity contribution is 7.18. The summed E-state index contributed by atoms with van der Waals surface area (Å²) < 4.78 is 0.729. The van der Waals surface area contributed by atoms with Crippen LogP contribution in [-0.2, 0) is 0 Å². The summed E-state index contributed by atoms with van der Waals surface area (Å²) in [5.41, 5.74) is 0.803. The Labute approximate surface area is 85.8 Å². The predicted molar refractivity (Wildman–Crippen MR) is 59.1 cm³/mol. The van der Waals surface area contributed by atoms with Crippen molar-refractivity contribution in [2.45, 2.75) is 26.7 Å². The van der Waals surface area contributed by atoms with Gasteiger partial charge in [0, 0.05) is 10.8 Å². The highest BCUT2D eigenvalue weighted by atomic mass is 32.1. The molecule has 0 fully saturated rings. The summed E-state index contributed by atoms with van der Waals surface area (Å²) in [6.45, 7) is 6.02. The molecule has 0 aliphatic heterocycles. The molecule has 0 radical (unpaired) electrons. The number of hydrogen-bond donors (Lipinski definition) is 1. The van der Waals surface area contributed by atoms with E-state index >= 15 is 0 Å². The smallest absolute Gasteiger partial charge is 0.268 e. The lowest BCUT2D eigenvalue weighted by molar-refractivity contribution is 0.777. The van der Waals surface area contributed by atoms with E-state index in [0.717, 1.165) is 20.9 Å². The molecule has 0 amide bonds. The average Bonchev–Trinajstić information content (AvgIpc) is 2.45. The van der Waals surface area contributed by atoms with Crippen molar-refractivity contribution >= 4 is 21.6 Å². The zero-order chi connectivity index (χ0) is 10.3. The molecule has 0 bridgehead atoms. The van der Waals surface area contributed by atoms with E-state index in [4.69, 9.17) is 0 Å². The fourth-order valence-corrected chi connectivity index (χ4v) is 2.20. The second-order valence-corrected chi connectivity index (χ2v) is 4.93. The third-order valence-electron chi connectivity index (χ3n) is 2.07. The summed E-state index contributed by atoms with van der Waals surface area (Å²) in [6, 6.07) is 1.96. The Morgan fingerprint density at radius 1 is 1.50 bits per heavy atom. The molecule has 0 atom stereocenters. The number of rotatable bonds is 1. The molecule has 2 rings (SSSR count). The summed E-state index contributed by atoms with van der Waals surface area (Å²) in [7, 11) is 0. The van der Waals surface area contributed by atoms with Crippen molar-refractivity contribution in [1.82, 2.24) is 9.97 Å². The van der Waals surface area contributed by atoms with Crippen molar-refractivity contribution < 1.29 is 0 Å². The molecule has 2 aromatic heterocycles. The second-order valence-electron chi connectivity index (χ2n) is 3.68. The number of fused-ring (bicyclic) bond motifs is 1. The number of H-pyrrole nitrogens is 1. The van der Waals surface area contributed by atoms with Crippen molar-refractivity contribution in [2.75, 3.05) is 0 Å². The van der Waals surface area contributed by atoms with Crippen LogP contribution in [0.4, 0.5) is 0 Å². The normalized spacial score (nSPS) is 11.4. The van der Waals surface area contributed by atoms with E-state index in [-0.39, 0.29) is 11.5 Å². The monoisotopic (exact) mass is 208 g/mol. The molecular weight excluding hydrogens is 196 g/mol. The van der Waals surface area contributed by atoms with Gasteiger partial charge < -0.3 is 4.98 Å². The summed E-state index contributed by atoms with van der Waals surface area (Å²) in [4.78, 5) is 20.0. The molecule has 0 aromatic carbocycles. The fourth-order valence-electron chi connectivity index (χ4n) is 1.35. The molecule has 2 aromatic rings. The summed E-state index contributed by atoms with van der Waals surface area (Å²) >= 11 is 1.49. The molecule has 0 aliphatic rings. The minimum Gasteiger partial charge on any atom is -0.309 e. The Kier molecular flexibility index (Phi) is 2.15. The Morgan fingerprint density at radius 3 is 2.86 bits per heavy atom. The molecule has 2 heterocycles. The van der Waals surface area contributed by atoms with Crippen LogP contribution in [0, 0.1) is 6.92 Å². The Hall–Kier alpha value is -1.16. The number of nitrogens with zero attached hydrogens (tertiary/aromatic N) is 1. The van der Waals surface area contributed by atoms with Crippen LogP contribution in [0.1, 0.15) is 30.5 Å². The van der Waals surface area contributed by atoms with Crippen molar-refractivity contribution in [3.8, 4) is 0 Å². The van der Waals surface area contributed by atoms with Gasteiger partial charge in [-0.15, -0.1) is 11.3 Å². The first-order valence-electron chi connectivity index (χ1n) is 4.58. The van der Waals surface area contributed by atoms with Gasteiger partial charge in [0.25, 0.3) is 5.56 Å². The first-order chi connectivity index (χ1) is 6.58. The van der Waals surface area contributed by atoms with Crippen LogP contribution < -0.4 is 5.56 Å². The van der Waals surface area contributed by atoms with Gasteiger partial charge in [0.05, 0.1) is 5.52 Å². The first kappa shape index (κ1) is 9.40. The Morgan fingerprint density at radius 2 is 2.21 bits per heavy atom. The molecule has 14 heavy (non-hydrogen) atoms. The number of thiophene rings is 1. The number of aromatic nitrogens is 2. The molecule has 0 saturated carbocycles. The molecule has 0 aliphatic carbocycles. The molecule has 0 unspecified atom stereocenters. The quantitative estimate of drug-likeness (QED) is 0.782. The average molecular weight is 208 g/mol. The van der Waals surface area contributed by atoms with Crippen molar-refractivity contribution in [3.63, 3.8) is 0 Å². The maximum Gasteiger partial charge on any atom is 0.268 e. The maximum absolute atomic E-state index is 11.6. The van der Waals surface area contributed by atoms with Crippen LogP contribution in [0.15, 0.2) is 10.9 Å². The van der Waals surface area contributed by atoms with Crippen LogP contribution in [0.2, 0.25) is 0 Å². The van der Waals surface area contributed by atoms with Gasteiger partial charge in [-0.1, -0.05) is 13.8 Å². The summed E-state index contributed by atoms with van der Waals surface area (Å²) in [5.74, 6) is 1.02. The van der Waals surface area contributed by atoms with Crippen molar-refractivity contribution in [2.24, 2.45) is 0 Å². The van der Waals surface area contributed by atoms with Crippen LogP contribution in [0.5, 0.6) is 0 Å². The van der Waals surface area contributed by atoms with Gasteiger partial charge in [-0.2, -0.15) is 0 Å². The minimum absolute atomic E-state index is 0.0169. The van der Waals surface area contributed by atoms with Crippen molar-refractivity contribution in [3.05, 3.63) is 27.1 Å². The van der Waals surface area contributed by atoms with Crippen LogP contribution in [0.3, 0.4) is 0 Å². The summed E-state index contributed by atoms with van der Waals surface area (Å²) in [5, 5.41) is 0. The maximum atomic E-state index is 11.6. The van der Waals surface area contributed by atoms with E-state index in [1.807, 2.05) is 26.8 Å². The van der Waals surface area contributed by atoms with Crippen LogP contribution >= 0.6 is 11.3 Å². The lowest BCUT2D eigenvalue weighted by Crippen LogP contribution is -2.11. The number of hydrogen-bond acceptors (Lipinski definition) is 3. The zero-order valence-electron chi connectivity index (χ0n) is 8.42. The van der Waals surface area contributed by atoms with Gasteiger partial charge in [-0.05, 0) is 13.0 Å². The molecule has 0 saturated heterocycles. The van der Waals surface area contributed by atoms with Gasteiger partial charge in [-0.3, -0.25) is 4.79 Å². The van der Waals surface area contributed by atoms with Gasteiger partial charge in [0.1, 0.15) is 10.5 Å². The van der Waals surface area contributed by atoms with E-state index in [9.17, 15) is 4.79 Å². The lowest BCUT2D eigenvalue weighted by atomic mass is 10.2. The standard InChI is InChI=1S/C10H12N2OS/c1-5(2)9-11-7-4-6(3)14-8(7)10(13)12-9/h4-5H,1-3H3,(H,11,12,13). The predicted octanol–water partition coefficient (Wildman–Crippen LogP) is 2.42. The zero-order valence-corrected chi connectivity index (χ0v) is 9.23. The molecular formula is C10H12N2OS. The van der Waals surface area contributed by atoms with E-state index in [2.05, 4.69) is 9.97 Å². The second kappa shape index (κ2) is 3.20. The summed E-state index contributed by atoms with van der Waals surface area (Å²) in [6.07, 6.45) is 0. The number of nitrogens with one attached hydrogen (secondary N) is 1. The van der Waals surface area contributed by atoms with Crippen molar-refractivity contribution in [1.29, 1.82) is 0 Å². The Balaban J connectivity index is 2.78. The molecule has 4 heteroatoms. The van der Waals surface area contributed by atoms with Gasteiger partial charge in [-0.25, -0.2) is 4.98 Å². The molecule has 3 nitrogen and oxygen atoms in total. The van der Waals surface area contributed by atoms with Gasteiger partial charge in [0.2, 0.25) is 0 Å². The molecule has 1 N–H and O–H groups in total. The van der Waals surface area contributed by atoms with E-state index in [0.29, 0.717) is 0 Å². The largest absolute Gasteiger partial charge is 0.309 e. The van der Waals surface area contributed by atoms with E-state index in [1.54, 1.807) is 0 Å². The highest BCUT2D eigenvalue weighted by Gasteiger charge is 2.08. The topological polar surface area (TPSA) is 45.8 Å².